The molecule has 0 saturated carbocycles. The van der Waals surface area contributed by atoms with E-state index in [4.69, 9.17) is 16.8 Å². The Morgan fingerprint density at radius 3 is 2.63 bits per heavy atom. The number of nitrogens with zero attached hydrogens (tertiary/aromatic N) is 1. The van der Waals surface area contributed by atoms with Crippen LogP contribution in [0, 0.1) is 0 Å². The van der Waals surface area contributed by atoms with Gasteiger partial charge in [0.2, 0.25) is 0 Å². The summed E-state index contributed by atoms with van der Waals surface area (Å²) in [6.07, 6.45) is 1.72. The van der Waals surface area contributed by atoms with Crippen LogP contribution >= 0.6 is 11.6 Å². The molecule has 0 unspecified atom stereocenters. The van der Waals surface area contributed by atoms with Crippen LogP contribution in [0.2, 0.25) is 5.02 Å². The maximum absolute atomic E-state index is 9.12. The van der Waals surface area contributed by atoms with Crippen molar-refractivity contribution in [3.05, 3.63) is 70.2 Å². The molecule has 3 heteroatoms. The molecular weight excluding hydrogens is 258 g/mol. The number of halogens is 1. The minimum absolute atomic E-state index is 0.320. The number of benzene rings is 2. The van der Waals surface area contributed by atoms with Crippen molar-refractivity contribution in [2.75, 3.05) is 0 Å². The van der Waals surface area contributed by atoms with Gasteiger partial charge in [-0.25, -0.2) is 0 Å². The maximum atomic E-state index is 9.12. The van der Waals surface area contributed by atoms with Gasteiger partial charge in [0.15, 0.2) is 0 Å². The summed E-state index contributed by atoms with van der Waals surface area (Å²) in [5.74, 6) is 0.320. The van der Waals surface area contributed by atoms with Crippen LogP contribution in [-0.2, 0) is 0 Å². The predicted octanol–water partition coefficient (Wildman–Crippen LogP) is 4.44. The molecule has 0 aromatic heterocycles. The number of oxime groups is 1. The SMILES string of the molecule is O/N=C1/CC[C@@H](c2ccccc2)c2cc(Cl)ccc21. The average molecular weight is 272 g/mol. The Kier molecular flexibility index (Phi) is 3.26. The fourth-order valence-electron chi connectivity index (χ4n) is 2.79. The van der Waals surface area contributed by atoms with Crippen molar-refractivity contribution >= 4 is 17.3 Å². The van der Waals surface area contributed by atoms with Gasteiger partial charge in [-0.3, -0.25) is 0 Å². The highest BCUT2D eigenvalue weighted by Crippen LogP contribution is 2.37. The van der Waals surface area contributed by atoms with Gasteiger partial charge in [0.1, 0.15) is 0 Å². The first-order valence-corrected chi connectivity index (χ1v) is 6.73. The van der Waals surface area contributed by atoms with E-state index in [1.54, 1.807) is 0 Å². The quantitative estimate of drug-likeness (QED) is 0.603. The number of hydrogen-bond donors (Lipinski definition) is 1. The average Bonchev–Trinajstić information content (AvgIpc) is 2.46. The van der Waals surface area contributed by atoms with Gasteiger partial charge in [-0.1, -0.05) is 53.2 Å². The van der Waals surface area contributed by atoms with Crippen LogP contribution in [-0.4, -0.2) is 10.9 Å². The largest absolute Gasteiger partial charge is 0.411 e. The summed E-state index contributed by atoms with van der Waals surface area (Å²) in [7, 11) is 0. The maximum Gasteiger partial charge on any atom is 0.0871 e. The van der Waals surface area contributed by atoms with Crippen molar-refractivity contribution in [1.82, 2.24) is 0 Å². The van der Waals surface area contributed by atoms with E-state index < -0.39 is 0 Å². The first-order valence-electron chi connectivity index (χ1n) is 6.35. The molecule has 0 aliphatic heterocycles. The molecular formula is C16H14ClNO. The van der Waals surface area contributed by atoms with E-state index >= 15 is 0 Å². The molecule has 96 valence electrons. The lowest BCUT2D eigenvalue weighted by Gasteiger charge is -2.26. The third kappa shape index (κ3) is 2.24. The zero-order valence-electron chi connectivity index (χ0n) is 10.4. The Balaban J connectivity index is 2.13. The van der Waals surface area contributed by atoms with Crippen molar-refractivity contribution < 1.29 is 5.21 Å². The van der Waals surface area contributed by atoms with Crippen LogP contribution in [0.25, 0.3) is 0 Å². The molecule has 0 bridgehead atoms. The minimum atomic E-state index is 0.320. The molecule has 1 aliphatic carbocycles. The molecule has 0 saturated heterocycles. The summed E-state index contributed by atoms with van der Waals surface area (Å²) in [6, 6.07) is 16.2. The molecule has 2 aromatic carbocycles. The van der Waals surface area contributed by atoms with Crippen LogP contribution in [0.5, 0.6) is 0 Å². The van der Waals surface area contributed by atoms with Crippen molar-refractivity contribution in [2.45, 2.75) is 18.8 Å². The fourth-order valence-corrected chi connectivity index (χ4v) is 2.97. The van der Waals surface area contributed by atoms with Gasteiger partial charge >= 0.3 is 0 Å². The van der Waals surface area contributed by atoms with Gasteiger partial charge in [0.25, 0.3) is 0 Å². The van der Waals surface area contributed by atoms with Crippen molar-refractivity contribution in [3.8, 4) is 0 Å². The van der Waals surface area contributed by atoms with Gasteiger partial charge < -0.3 is 5.21 Å². The molecule has 1 N–H and O–H groups in total. The predicted molar refractivity (Wildman–Crippen MR) is 77.3 cm³/mol. The third-order valence-electron chi connectivity index (χ3n) is 3.69. The van der Waals surface area contributed by atoms with E-state index in [0.29, 0.717) is 5.92 Å². The summed E-state index contributed by atoms with van der Waals surface area (Å²) in [5.41, 5.74) is 4.19. The second kappa shape index (κ2) is 5.06. The van der Waals surface area contributed by atoms with E-state index in [2.05, 4.69) is 29.4 Å². The van der Waals surface area contributed by atoms with E-state index in [9.17, 15) is 0 Å². The van der Waals surface area contributed by atoms with Gasteiger partial charge in [-0.2, -0.15) is 0 Å². The van der Waals surface area contributed by atoms with E-state index in [-0.39, 0.29) is 0 Å². The molecule has 0 fully saturated rings. The van der Waals surface area contributed by atoms with Gasteiger partial charge in [0, 0.05) is 16.5 Å². The highest BCUT2D eigenvalue weighted by molar-refractivity contribution is 6.30. The highest BCUT2D eigenvalue weighted by Gasteiger charge is 2.26. The zero-order chi connectivity index (χ0) is 13.2. The Labute approximate surface area is 117 Å². The Morgan fingerprint density at radius 2 is 1.89 bits per heavy atom. The van der Waals surface area contributed by atoms with Crippen molar-refractivity contribution in [2.24, 2.45) is 5.16 Å². The van der Waals surface area contributed by atoms with Gasteiger partial charge in [0.05, 0.1) is 5.71 Å². The fraction of sp³-hybridized carbons (Fsp3) is 0.188. The summed E-state index contributed by atoms with van der Waals surface area (Å²) in [6.45, 7) is 0. The summed E-state index contributed by atoms with van der Waals surface area (Å²) in [4.78, 5) is 0. The monoisotopic (exact) mass is 271 g/mol. The number of fused-ring (bicyclic) bond motifs is 1. The lowest BCUT2D eigenvalue weighted by atomic mass is 9.78. The standard InChI is InChI=1S/C16H14ClNO/c17-12-6-7-14-15(10-12)13(8-9-16(14)18-19)11-4-2-1-3-5-11/h1-7,10,13,19H,8-9H2/b18-16-/t13-/m0/s1. The minimum Gasteiger partial charge on any atom is -0.411 e. The first-order chi connectivity index (χ1) is 9.29. The van der Waals surface area contributed by atoms with Crippen molar-refractivity contribution in [3.63, 3.8) is 0 Å². The van der Waals surface area contributed by atoms with Crippen LogP contribution in [0.3, 0.4) is 0 Å². The normalized spacial score (nSPS) is 20.3. The molecule has 1 aliphatic rings. The molecule has 19 heavy (non-hydrogen) atoms. The zero-order valence-corrected chi connectivity index (χ0v) is 11.1. The molecule has 2 nitrogen and oxygen atoms in total. The second-order valence-electron chi connectivity index (χ2n) is 4.78. The number of hydrogen-bond acceptors (Lipinski definition) is 2. The summed E-state index contributed by atoms with van der Waals surface area (Å²) >= 11 is 6.12. The lowest BCUT2D eigenvalue weighted by Crippen LogP contribution is -2.17. The number of rotatable bonds is 1. The molecule has 0 spiro atoms. The topological polar surface area (TPSA) is 32.6 Å². The second-order valence-corrected chi connectivity index (χ2v) is 5.22. The van der Waals surface area contributed by atoms with Crippen molar-refractivity contribution in [1.29, 1.82) is 0 Å². The van der Waals surface area contributed by atoms with E-state index in [0.717, 1.165) is 34.7 Å². The first kappa shape index (κ1) is 12.2. The third-order valence-corrected chi connectivity index (χ3v) is 3.93. The van der Waals surface area contributed by atoms with Crippen LogP contribution < -0.4 is 0 Å². The summed E-state index contributed by atoms with van der Waals surface area (Å²) < 4.78 is 0. The molecule has 2 aromatic rings. The summed E-state index contributed by atoms with van der Waals surface area (Å²) in [5, 5.41) is 13.3. The smallest absolute Gasteiger partial charge is 0.0871 e. The Bertz CT molecular complexity index is 622. The van der Waals surface area contributed by atoms with Crippen LogP contribution in [0.4, 0.5) is 0 Å². The molecule has 0 amide bonds. The molecule has 1 atom stereocenters. The lowest BCUT2D eigenvalue weighted by molar-refractivity contribution is 0.317. The van der Waals surface area contributed by atoms with Gasteiger partial charge in [-0.15, -0.1) is 0 Å². The Hall–Kier alpha value is -1.80. The highest BCUT2D eigenvalue weighted by atomic mass is 35.5. The van der Waals surface area contributed by atoms with Crippen LogP contribution in [0.1, 0.15) is 35.4 Å². The van der Waals surface area contributed by atoms with E-state index in [1.165, 1.54) is 5.56 Å². The van der Waals surface area contributed by atoms with Gasteiger partial charge in [-0.05, 0) is 36.1 Å². The van der Waals surface area contributed by atoms with E-state index in [1.807, 2.05) is 24.3 Å². The molecule has 3 rings (SSSR count). The van der Waals surface area contributed by atoms with Crippen LogP contribution in [0.15, 0.2) is 53.7 Å². The Morgan fingerprint density at radius 1 is 1.11 bits per heavy atom. The molecule has 0 heterocycles. The molecule has 0 radical (unpaired) electrons.